The zero-order chi connectivity index (χ0) is 12.8. The van der Waals surface area contributed by atoms with Gasteiger partial charge in [-0.15, -0.1) is 11.8 Å². The van der Waals surface area contributed by atoms with Gasteiger partial charge in [0.15, 0.2) is 0 Å². The van der Waals surface area contributed by atoms with E-state index in [-0.39, 0.29) is 11.9 Å². The van der Waals surface area contributed by atoms with Crippen molar-refractivity contribution in [3.63, 3.8) is 0 Å². The van der Waals surface area contributed by atoms with Crippen molar-refractivity contribution in [1.82, 2.24) is 5.32 Å². The van der Waals surface area contributed by atoms with Crippen molar-refractivity contribution >= 4 is 11.8 Å². The smallest absolute Gasteiger partial charge is 0.136 e. The highest BCUT2D eigenvalue weighted by atomic mass is 32.2. The molecule has 1 heterocycles. The van der Waals surface area contributed by atoms with Gasteiger partial charge in [0.1, 0.15) is 5.82 Å². The summed E-state index contributed by atoms with van der Waals surface area (Å²) in [6.45, 7) is 0.806. The zero-order valence-electron chi connectivity index (χ0n) is 10.5. The number of ether oxygens (including phenoxy) is 1. The SMILES string of the molecule is CNC(CSc1ccccc1F)C1=COCCC1. The van der Waals surface area contributed by atoms with Crippen molar-refractivity contribution in [2.24, 2.45) is 0 Å². The molecule has 2 rings (SSSR count). The van der Waals surface area contributed by atoms with Gasteiger partial charge in [0.05, 0.1) is 12.9 Å². The van der Waals surface area contributed by atoms with E-state index in [9.17, 15) is 4.39 Å². The van der Waals surface area contributed by atoms with Crippen molar-refractivity contribution in [2.75, 3.05) is 19.4 Å². The highest BCUT2D eigenvalue weighted by molar-refractivity contribution is 7.99. The van der Waals surface area contributed by atoms with Crippen molar-refractivity contribution < 1.29 is 9.13 Å². The van der Waals surface area contributed by atoms with Gasteiger partial charge in [0.2, 0.25) is 0 Å². The number of benzene rings is 1. The van der Waals surface area contributed by atoms with E-state index < -0.39 is 0 Å². The van der Waals surface area contributed by atoms with Crippen LogP contribution in [-0.4, -0.2) is 25.4 Å². The Hall–Kier alpha value is -1.00. The van der Waals surface area contributed by atoms with Crippen LogP contribution >= 0.6 is 11.8 Å². The summed E-state index contributed by atoms with van der Waals surface area (Å²) in [5.74, 6) is 0.665. The summed E-state index contributed by atoms with van der Waals surface area (Å²) in [6.07, 6.45) is 3.98. The normalized spacial score (nSPS) is 16.9. The summed E-state index contributed by atoms with van der Waals surface area (Å²) in [5, 5.41) is 3.27. The van der Waals surface area contributed by atoms with Crippen LogP contribution in [0, 0.1) is 5.82 Å². The largest absolute Gasteiger partial charge is 0.501 e. The summed E-state index contributed by atoms with van der Waals surface area (Å²) in [5.41, 5.74) is 1.27. The first kappa shape index (κ1) is 13.4. The second kappa shape index (κ2) is 6.81. The lowest BCUT2D eigenvalue weighted by atomic mass is 10.0. The summed E-state index contributed by atoms with van der Waals surface area (Å²) in [7, 11) is 1.93. The molecule has 0 amide bonds. The number of likely N-dealkylation sites (N-methyl/N-ethyl adjacent to an activating group) is 1. The molecule has 18 heavy (non-hydrogen) atoms. The lowest BCUT2D eigenvalue weighted by Crippen LogP contribution is -2.31. The van der Waals surface area contributed by atoms with Gasteiger partial charge in [-0.25, -0.2) is 4.39 Å². The molecule has 0 aliphatic carbocycles. The first-order valence-electron chi connectivity index (χ1n) is 6.16. The Morgan fingerprint density at radius 1 is 1.44 bits per heavy atom. The Morgan fingerprint density at radius 2 is 2.28 bits per heavy atom. The highest BCUT2D eigenvalue weighted by Crippen LogP contribution is 2.25. The molecule has 0 saturated carbocycles. The Kier molecular flexibility index (Phi) is 5.08. The summed E-state index contributed by atoms with van der Waals surface area (Å²) >= 11 is 1.54. The number of thioether (sulfide) groups is 1. The molecule has 1 N–H and O–H groups in total. The predicted molar refractivity (Wildman–Crippen MR) is 73.2 cm³/mol. The molecule has 1 atom stereocenters. The highest BCUT2D eigenvalue weighted by Gasteiger charge is 2.16. The molecule has 0 aromatic heterocycles. The molecular weight excluding hydrogens is 249 g/mol. The second-order valence-corrected chi connectivity index (χ2v) is 5.31. The maximum atomic E-state index is 13.5. The van der Waals surface area contributed by atoms with Crippen LogP contribution in [0.1, 0.15) is 12.8 Å². The molecule has 0 bridgehead atoms. The fraction of sp³-hybridized carbons (Fsp3) is 0.429. The van der Waals surface area contributed by atoms with Crippen molar-refractivity contribution in [2.45, 2.75) is 23.8 Å². The molecule has 98 valence electrons. The Labute approximate surface area is 112 Å². The lowest BCUT2D eigenvalue weighted by Gasteiger charge is -2.22. The molecule has 1 aromatic carbocycles. The van der Waals surface area contributed by atoms with Gasteiger partial charge in [0, 0.05) is 16.7 Å². The van der Waals surface area contributed by atoms with Gasteiger partial charge in [-0.05, 0) is 37.6 Å². The van der Waals surface area contributed by atoms with E-state index in [2.05, 4.69) is 5.32 Å². The minimum atomic E-state index is -0.147. The van der Waals surface area contributed by atoms with Crippen LogP contribution in [0.5, 0.6) is 0 Å². The molecule has 1 aromatic rings. The predicted octanol–water partition coefficient (Wildman–Crippen LogP) is 3.20. The van der Waals surface area contributed by atoms with E-state index in [4.69, 9.17) is 4.74 Å². The van der Waals surface area contributed by atoms with Crippen LogP contribution < -0.4 is 5.32 Å². The third kappa shape index (κ3) is 3.50. The van der Waals surface area contributed by atoms with E-state index in [0.717, 1.165) is 25.2 Å². The van der Waals surface area contributed by atoms with Crippen molar-refractivity contribution in [3.8, 4) is 0 Å². The zero-order valence-corrected chi connectivity index (χ0v) is 11.3. The average Bonchev–Trinajstić information content (AvgIpc) is 2.42. The van der Waals surface area contributed by atoms with Gasteiger partial charge in [0.25, 0.3) is 0 Å². The fourth-order valence-electron chi connectivity index (χ4n) is 1.95. The molecule has 0 fully saturated rings. The van der Waals surface area contributed by atoms with Gasteiger partial charge in [-0.2, -0.15) is 0 Å². The van der Waals surface area contributed by atoms with Crippen LogP contribution in [0.3, 0.4) is 0 Å². The minimum Gasteiger partial charge on any atom is -0.501 e. The van der Waals surface area contributed by atoms with Crippen LogP contribution in [0.2, 0.25) is 0 Å². The molecule has 1 unspecified atom stereocenters. The average molecular weight is 267 g/mol. The van der Waals surface area contributed by atoms with E-state index in [1.54, 1.807) is 6.07 Å². The minimum absolute atomic E-state index is 0.147. The van der Waals surface area contributed by atoms with Gasteiger partial charge in [-0.1, -0.05) is 12.1 Å². The second-order valence-electron chi connectivity index (χ2n) is 4.25. The number of rotatable bonds is 5. The third-order valence-corrected chi connectivity index (χ3v) is 4.14. The van der Waals surface area contributed by atoms with E-state index in [0.29, 0.717) is 4.90 Å². The van der Waals surface area contributed by atoms with Crippen LogP contribution in [0.15, 0.2) is 41.0 Å². The quantitative estimate of drug-likeness (QED) is 0.828. The molecule has 2 nitrogen and oxygen atoms in total. The first-order chi connectivity index (χ1) is 8.81. The fourth-order valence-corrected chi connectivity index (χ4v) is 3.06. The Bertz CT molecular complexity index is 422. The molecule has 0 spiro atoms. The summed E-state index contributed by atoms with van der Waals surface area (Å²) in [4.78, 5) is 0.704. The Morgan fingerprint density at radius 3 is 2.94 bits per heavy atom. The van der Waals surface area contributed by atoms with E-state index in [1.807, 2.05) is 25.4 Å². The standard InChI is InChI=1S/C14H18FNOS/c1-16-13(11-5-4-8-17-9-11)10-18-14-7-3-2-6-12(14)15/h2-3,6-7,9,13,16H,4-5,8,10H2,1H3. The molecule has 0 saturated heterocycles. The van der Waals surface area contributed by atoms with Crippen LogP contribution in [-0.2, 0) is 4.74 Å². The van der Waals surface area contributed by atoms with Crippen LogP contribution in [0.4, 0.5) is 4.39 Å². The number of hydrogen-bond acceptors (Lipinski definition) is 3. The monoisotopic (exact) mass is 267 g/mol. The Balaban J connectivity index is 1.95. The maximum absolute atomic E-state index is 13.5. The molecule has 1 aliphatic rings. The van der Waals surface area contributed by atoms with Crippen molar-refractivity contribution in [3.05, 3.63) is 41.9 Å². The van der Waals surface area contributed by atoms with E-state index >= 15 is 0 Å². The molecule has 1 aliphatic heterocycles. The number of hydrogen-bond donors (Lipinski definition) is 1. The first-order valence-corrected chi connectivity index (χ1v) is 7.15. The van der Waals surface area contributed by atoms with Crippen LogP contribution in [0.25, 0.3) is 0 Å². The number of halogens is 1. The van der Waals surface area contributed by atoms with Gasteiger partial charge < -0.3 is 10.1 Å². The van der Waals surface area contributed by atoms with Gasteiger partial charge >= 0.3 is 0 Å². The molecular formula is C14H18FNOS. The van der Waals surface area contributed by atoms with Gasteiger partial charge in [-0.3, -0.25) is 0 Å². The lowest BCUT2D eigenvalue weighted by molar-refractivity contribution is 0.221. The molecule has 4 heteroatoms. The summed E-state index contributed by atoms with van der Waals surface area (Å²) < 4.78 is 18.9. The topological polar surface area (TPSA) is 21.3 Å². The number of nitrogens with one attached hydrogen (secondary N) is 1. The summed E-state index contributed by atoms with van der Waals surface area (Å²) in [6, 6.07) is 7.14. The molecule has 0 radical (unpaired) electrons. The van der Waals surface area contributed by atoms with E-state index in [1.165, 1.54) is 23.4 Å². The third-order valence-electron chi connectivity index (χ3n) is 3.00. The maximum Gasteiger partial charge on any atom is 0.136 e. The van der Waals surface area contributed by atoms with Crippen molar-refractivity contribution in [1.29, 1.82) is 0 Å².